The molecule has 0 aliphatic carbocycles. The molecule has 0 radical (unpaired) electrons. The van der Waals surface area contributed by atoms with Gasteiger partial charge >= 0.3 is 0 Å². The summed E-state index contributed by atoms with van der Waals surface area (Å²) in [4.78, 5) is 18.5. The van der Waals surface area contributed by atoms with Crippen molar-refractivity contribution in [1.29, 1.82) is 0 Å². The quantitative estimate of drug-likeness (QED) is 0.920. The third-order valence-electron chi connectivity index (χ3n) is 3.69. The molecule has 0 bridgehead atoms. The summed E-state index contributed by atoms with van der Waals surface area (Å²) in [6.45, 7) is 7.20. The van der Waals surface area contributed by atoms with E-state index in [0.29, 0.717) is 6.04 Å². The highest BCUT2D eigenvalue weighted by molar-refractivity contribution is 5.86. The lowest BCUT2D eigenvalue weighted by molar-refractivity contribution is -0.137. The van der Waals surface area contributed by atoms with Crippen LogP contribution in [-0.4, -0.2) is 39.0 Å². The van der Waals surface area contributed by atoms with Crippen molar-refractivity contribution >= 4 is 30.7 Å². The number of rotatable bonds is 3. The van der Waals surface area contributed by atoms with Crippen molar-refractivity contribution in [3.63, 3.8) is 0 Å². The summed E-state index contributed by atoms with van der Waals surface area (Å²) in [7, 11) is 0. The minimum atomic E-state index is -0.787. The highest BCUT2D eigenvalue weighted by Crippen LogP contribution is 2.24. The number of nitrogens with two attached hydrogens (primary N) is 1. The van der Waals surface area contributed by atoms with Gasteiger partial charge in [0.25, 0.3) is 0 Å². The maximum atomic E-state index is 12.3. The number of hydrogen-bond acceptors (Lipinski definition) is 3. The molecule has 122 valence electrons. The van der Waals surface area contributed by atoms with Crippen LogP contribution in [0.25, 0.3) is 0 Å². The SMILES string of the molecule is CCc1nccn1C1CCCN(C(=O)C(C)(C)N)C1.Cl.Cl. The Kier molecular flexibility index (Phi) is 7.71. The Balaban J connectivity index is 0.00000200. The first-order valence-corrected chi connectivity index (χ1v) is 7.03. The number of carbonyl (C=O) groups excluding carboxylic acids is 1. The van der Waals surface area contributed by atoms with E-state index in [1.54, 1.807) is 13.8 Å². The van der Waals surface area contributed by atoms with Gasteiger partial charge in [0.2, 0.25) is 5.91 Å². The van der Waals surface area contributed by atoms with Crippen LogP contribution in [0.4, 0.5) is 0 Å². The van der Waals surface area contributed by atoms with Crippen molar-refractivity contribution in [3.05, 3.63) is 18.2 Å². The average molecular weight is 337 g/mol. The third kappa shape index (κ3) is 4.59. The van der Waals surface area contributed by atoms with Crippen LogP contribution in [0.5, 0.6) is 0 Å². The first-order valence-electron chi connectivity index (χ1n) is 7.03. The number of imidazole rings is 1. The molecule has 21 heavy (non-hydrogen) atoms. The average Bonchev–Trinajstić information content (AvgIpc) is 2.85. The van der Waals surface area contributed by atoms with E-state index >= 15 is 0 Å². The molecular formula is C14H26Cl2N4O. The van der Waals surface area contributed by atoms with E-state index in [1.807, 2.05) is 17.3 Å². The molecule has 0 spiro atoms. The number of piperidine rings is 1. The second-order valence-corrected chi connectivity index (χ2v) is 5.87. The lowest BCUT2D eigenvalue weighted by Crippen LogP contribution is -2.53. The molecule has 1 aliphatic rings. The monoisotopic (exact) mass is 336 g/mol. The van der Waals surface area contributed by atoms with Crippen LogP contribution < -0.4 is 5.73 Å². The Morgan fingerprint density at radius 3 is 2.71 bits per heavy atom. The van der Waals surface area contributed by atoms with Crippen molar-refractivity contribution in [2.24, 2.45) is 5.73 Å². The Morgan fingerprint density at radius 2 is 2.14 bits per heavy atom. The largest absolute Gasteiger partial charge is 0.339 e. The lowest BCUT2D eigenvalue weighted by atomic mass is 10.00. The summed E-state index contributed by atoms with van der Waals surface area (Å²) in [6, 6.07) is 0.331. The molecule has 1 aliphatic heterocycles. The van der Waals surface area contributed by atoms with Crippen molar-refractivity contribution in [2.45, 2.75) is 51.6 Å². The molecule has 1 atom stereocenters. The van der Waals surface area contributed by atoms with Crippen LogP contribution in [0.15, 0.2) is 12.4 Å². The van der Waals surface area contributed by atoms with Gasteiger partial charge in [0.15, 0.2) is 0 Å². The smallest absolute Gasteiger partial charge is 0.242 e. The van der Waals surface area contributed by atoms with E-state index < -0.39 is 5.54 Å². The van der Waals surface area contributed by atoms with Gasteiger partial charge in [0.1, 0.15) is 5.82 Å². The molecule has 1 saturated heterocycles. The van der Waals surface area contributed by atoms with E-state index in [9.17, 15) is 4.79 Å². The van der Waals surface area contributed by atoms with E-state index in [2.05, 4.69) is 16.5 Å². The van der Waals surface area contributed by atoms with Gasteiger partial charge in [0, 0.05) is 31.9 Å². The fraction of sp³-hybridized carbons (Fsp3) is 0.714. The summed E-state index contributed by atoms with van der Waals surface area (Å²) in [5, 5.41) is 0. The van der Waals surface area contributed by atoms with E-state index in [0.717, 1.165) is 38.2 Å². The summed E-state index contributed by atoms with van der Waals surface area (Å²) in [5.74, 6) is 1.13. The Morgan fingerprint density at radius 1 is 1.48 bits per heavy atom. The summed E-state index contributed by atoms with van der Waals surface area (Å²) >= 11 is 0. The van der Waals surface area contributed by atoms with Gasteiger partial charge in [-0.15, -0.1) is 24.8 Å². The number of hydrogen-bond donors (Lipinski definition) is 1. The molecule has 1 fully saturated rings. The molecule has 1 amide bonds. The van der Waals surface area contributed by atoms with Gasteiger partial charge in [-0.2, -0.15) is 0 Å². The minimum Gasteiger partial charge on any atom is -0.339 e. The number of nitrogens with zero attached hydrogens (tertiary/aromatic N) is 3. The number of carbonyl (C=O) groups is 1. The van der Waals surface area contributed by atoms with Crippen molar-refractivity contribution in [2.75, 3.05) is 13.1 Å². The van der Waals surface area contributed by atoms with E-state index in [-0.39, 0.29) is 30.7 Å². The second kappa shape index (κ2) is 8.01. The van der Waals surface area contributed by atoms with Gasteiger partial charge in [-0.1, -0.05) is 6.92 Å². The standard InChI is InChI=1S/C14H24N4O.2ClH/c1-4-12-16-7-9-18(12)11-6-5-8-17(10-11)13(19)14(2,3)15;;/h7,9,11H,4-6,8,10,15H2,1-3H3;2*1H. The number of likely N-dealkylation sites (tertiary alicyclic amines) is 1. The van der Waals surface area contributed by atoms with Crippen LogP contribution >= 0.6 is 24.8 Å². The summed E-state index contributed by atoms with van der Waals surface area (Å²) < 4.78 is 2.21. The summed E-state index contributed by atoms with van der Waals surface area (Å²) in [5.41, 5.74) is 5.13. The fourth-order valence-electron chi connectivity index (χ4n) is 2.72. The first-order chi connectivity index (χ1) is 8.93. The number of aromatic nitrogens is 2. The molecule has 2 heterocycles. The van der Waals surface area contributed by atoms with Crippen molar-refractivity contribution in [1.82, 2.24) is 14.5 Å². The minimum absolute atomic E-state index is 0. The predicted molar refractivity (Wildman–Crippen MR) is 89.2 cm³/mol. The summed E-state index contributed by atoms with van der Waals surface area (Å²) in [6.07, 6.45) is 6.89. The van der Waals surface area contributed by atoms with Crippen LogP contribution in [0.1, 0.15) is 45.5 Å². The molecule has 7 heteroatoms. The molecule has 2 rings (SSSR count). The molecule has 2 N–H and O–H groups in total. The van der Waals surface area contributed by atoms with Crippen LogP contribution in [0, 0.1) is 0 Å². The third-order valence-corrected chi connectivity index (χ3v) is 3.69. The molecular weight excluding hydrogens is 311 g/mol. The molecule has 1 aromatic rings. The molecule has 0 aromatic carbocycles. The number of amides is 1. The van der Waals surface area contributed by atoms with Crippen LogP contribution in [-0.2, 0) is 11.2 Å². The van der Waals surface area contributed by atoms with Gasteiger partial charge in [-0.25, -0.2) is 4.98 Å². The molecule has 1 aromatic heterocycles. The Hall–Kier alpha value is -0.780. The van der Waals surface area contributed by atoms with E-state index in [4.69, 9.17) is 5.73 Å². The molecule has 5 nitrogen and oxygen atoms in total. The van der Waals surface area contributed by atoms with Crippen LogP contribution in [0.2, 0.25) is 0 Å². The van der Waals surface area contributed by atoms with Crippen LogP contribution in [0.3, 0.4) is 0 Å². The molecule has 0 saturated carbocycles. The van der Waals surface area contributed by atoms with Crippen molar-refractivity contribution < 1.29 is 4.79 Å². The normalized spacial score (nSPS) is 18.7. The number of aryl methyl sites for hydroxylation is 1. The zero-order chi connectivity index (χ0) is 14.0. The fourth-order valence-corrected chi connectivity index (χ4v) is 2.72. The second-order valence-electron chi connectivity index (χ2n) is 5.87. The molecule has 1 unspecified atom stereocenters. The topological polar surface area (TPSA) is 64.2 Å². The Bertz CT molecular complexity index is 456. The lowest BCUT2D eigenvalue weighted by Gasteiger charge is -2.37. The first kappa shape index (κ1) is 20.2. The highest BCUT2D eigenvalue weighted by atomic mass is 35.5. The van der Waals surface area contributed by atoms with Gasteiger partial charge < -0.3 is 15.2 Å². The zero-order valence-electron chi connectivity index (χ0n) is 12.9. The van der Waals surface area contributed by atoms with Gasteiger partial charge in [-0.3, -0.25) is 4.79 Å². The maximum Gasteiger partial charge on any atom is 0.242 e. The van der Waals surface area contributed by atoms with E-state index in [1.165, 1.54) is 0 Å². The van der Waals surface area contributed by atoms with Gasteiger partial charge in [-0.05, 0) is 26.7 Å². The predicted octanol–water partition coefficient (Wildman–Crippen LogP) is 2.19. The van der Waals surface area contributed by atoms with Gasteiger partial charge in [0.05, 0.1) is 11.6 Å². The zero-order valence-corrected chi connectivity index (χ0v) is 14.5. The Labute approximate surface area is 139 Å². The highest BCUT2D eigenvalue weighted by Gasteiger charge is 2.32. The van der Waals surface area contributed by atoms with Crippen molar-refractivity contribution in [3.8, 4) is 0 Å². The maximum absolute atomic E-state index is 12.3. The number of halogens is 2.